The average Bonchev–Trinajstić information content (AvgIpc) is 2.88. The number of alkyl halides is 1. The highest BCUT2D eigenvalue weighted by Crippen LogP contribution is 2.55. The fraction of sp³-hybridized carbons (Fsp3) is 0.550. The van der Waals surface area contributed by atoms with Crippen molar-refractivity contribution in [2.75, 3.05) is 13.1 Å². The number of hydrogen-bond donors (Lipinski definition) is 0. The quantitative estimate of drug-likeness (QED) is 0.392. The second-order valence-electron chi connectivity index (χ2n) is 8.83. The van der Waals surface area contributed by atoms with Crippen molar-refractivity contribution in [3.8, 4) is 11.3 Å². The zero-order valence-corrected chi connectivity index (χ0v) is 20.0. The van der Waals surface area contributed by atoms with Crippen LogP contribution in [0.25, 0.3) is 11.3 Å². The lowest BCUT2D eigenvalue weighted by Gasteiger charge is -2.58. The Morgan fingerprint density at radius 3 is 2.68 bits per heavy atom. The number of ether oxygens (including phenoxy) is 1. The van der Waals surface area contributed by atoms with Crippen molar-refractivity contribution in [2.24, 2.45) is 5.41 Å². The molecular formula is C20H24BrIN4O2. The van der Waals surface area contributed by atoms with Crippen LogP contribution in [0.3, 0.4) is 0 Å². The van der Waals surface area contributed by atoms with E-state index in [0.717, 1.165) is 42.5 Å². The number of rotatable bonds is 3. The number of pyridine rings is 1. The molecule has 28 heavy (non-hydrogen) atoms. The molecule has 8 heteroatoms. The Labute approximate surface area is 187 Å². The summed E-state index contributed by atoms with van der Waals surface area (Å²) in [6.07, 6.45) is 5.55. The summed E-state index contributed by atoms with van der Waals surface area (Å²) in [4.78, 5) is 18.2. The number of halogens is 2. The molecule has 0 radical (unpaired) electrons. The van der Waals surface area contributed by atoms with E-state index < -0.39 is 5.60 Å². The van der Waals surface area contributed by atoms with E-state index in [-0.39, 0.29) is 11.5 Å². The molecule has 0 N–H and O–H groups in total. The van der Waals surface area contributed by atoms with E-state index in [1.165, 1.54) is 9.26 Å². The predicted molar refractivity (Wildman–Crippen MR) is 119 cm³/mol. The molecule has 0 bridgehead atoms. The summed E-state index contributed by atoms with van der Waals surface area (Å²) in [6.45, 7) is 7.29. The number of carbonyl (C=O) groups excluding carboxylic acids is 1. The smallest absolute Gasteiger partial charge is 0.410 e. The maximum absolute atomic E-state index is 12.2. The average molecular weight is 559 g/mol. The minimum Gasteiger partial charge on any atom is -0.444 e. The fourth-order valence-corrected chi connectivity index (χ4v) is 6.07. The summed E-state index contributed by atoms with van der Waals surface area (Å²) in [5.41, 5.74) is 3.04. The van der Waals surface area contributed by atoms with Gasteiger partial charge in [-0.3, -0.25) is 9.67 Å². The zero-order valence-electron chi connectivity index (χ0n) is 16.3. The molecule has 3 heterocycles. The molecule has 6 nitrogen and oxygen atoms in total. The van der Waals surface area contributed by atoms with Gasteiger partial charge in [-0.05, 0) is 68.3 Å². The minimum atomic E-state index is -0.443. The molecule has 2 aromatic rings. The highest BCUT2D eigenvalue weighted by atomic mass is 127. The molecule has 4 rings (SSSR count). The Morgan fingerprint density at radius 1 is 1.39 bits per heavy atom. The van der Waals surface area contributed by atoms with Crippen LogP contribution in [0.15, 0.2) is 24.5 Å². The van der Waals surface area contributed by atoms with Crippen LogP contribution in [0.4, 0.5) is 4.79 Å². The Balaban J connectivity index is 1.44. The summed E-state index contributed by atoms with van der Waals surface area (Å²) < 4.78 is 8.83. The summed E-state index contributed by atoms with van der Waals surface area (Å²) in [7, 11) is 0. The monoisotopic (exact) mass is 558 g/mol. The zero-order chi connectivity index (χ0) is 20.1. The molecule has 2 aliphatic rings. The maximum atomic E-state index is 12.2. The Hall–Kier alpha value is -1.16. The van der Waals surface area contributed by atoms with Gasteiger partial charge in [-0.15, -0.1) is 0 Å². The summed E-state index contributed by atoms with van der Waals surface area (Å²) in [5, 5.41) is 5.70. The first kappa shape index (κ1) is 20.1. The van der Waals surface area contributed by atoms with Gasteiger partial charge in [0, 0.05) is 41.8 Å². The Morgan fingerprint density at radius 2 is 2.11 bits per heavy atom. The second kappa shape index (κ2) is 7.27. The van der Waals surface area contributed by atoms with Gasteiger partial charge in [-0.2, -0.15) is 5.10 Å². The lowest BCUT2D eigenvalue weighted by Crippen LogP contribution is -2.64. The molecule has 1 amide bonds. The van der Waals surface area contributed by atoms with E-state index in [9.17, 15) is 4.79 Å². The van der Waals surface area contributed by atoms with Crippen LogP contribution in [0.1, 0.15) is 45.3 Å². The largest absolute Gasteiger partial charge is 0.444 e. The predicted octanol–water partition coefficient (Wildman–Crippen LogP) is 5.02. The molecule has 0 aromatic carbocycles. The van der Waals surface area contributed by atoms with Gasteiger partial charge in [0.05, 0.1) is 15.3 Å². The van der Waals surface area contributed by atoms with Gasteiger partial charge in [0.2, 0.25) is 0 Å². The number of aromatic nitrogens is 3. The van der Waals surface area contributed by atoms with Crippen LogP contribution in [-0.2, 0) is 10.1 Å². The van der Waals surface area contributed by atoms with Crippen molar-refractivity contribution < 1.29 is 9.53 Å². The van der Waals surface area contributed by atoms with Gasteiger partial charge in [-0.25, -0.2) is 4.79 Å². The molecule has 2 fully saturated rings. The lowest BCUT2D eigenvalue weighted by atomic mass is 9.61. The van der Waals surface area contributed by atoms with E-state index in [4.69, 9.17) is 9.84 Å². The lowest BCUT2D eigenvalue weighted by molar-refractivity contribution is -0.0931. The topological polar surface area (TPSA) is 60.2 Å². The molecule has 1 aliphatic carbocycles. The van der Waals surface area contributed by atoms with E-state index >= 15 is 0 Å². The van der Waals surface area contributed by atoms with Crippen molar-refractivity contribution in [1.29, 1.82) is 0 Å². The molecule has 0 atom stereocenters. The number of hydrogen-bond acceptors (Lipinski definition) is 4. The van der Waals surface area contributed by atoms with Crippen molar-refractivity contribution in [3.05, 3.63) is 33.8 Å². The first-order chi connectivity index (χ1) is 13.2. The van der Waals surface area contributed by atoms with E-state index in [0.29, 0.717) is 6.04 Å². The third-order valence-corrected chi connectivity index (χ3v) is 7.06. The van der Waals surface area contributed by atoms with E-state index in [1.54, 1.807) is 6.20 Å². The van der Waals surface area contributed by atoms with Gasteiger partial charge in [0.15, 0.2) is 0 Å². The SMILES string of the molecule is CC(C)(C)OC(=O)N1CC2(CC(n3nc(-c4cccnc4)c(I)c3CBr)C2)C1. The van der Waals surface area contributed by atoms with Gasteiger partial charge < -0.3 is 9.64 Å². The Bertz CT molecular complexity index is 880. The summed E-state index contributed by atoms with van der Waals surface area (Å²) in [5.74, 6) is 0. The summed E-state index contributed by atoms with van der Waals surface area (Å²) >= 11 is 6.02. The third kappa shape index (κ3) is 3.69. The number of amides is 1. The van der Waals surface area contributed by atoms with Crippen LogP contribution in [0.2, 0.25) is 0 Å². The molecule has 1 saturated heterocycles. The molecule has 1 saturated carbocycles. The van der Waals surface area contributed by atoms with Gasteiger partial charge in [0.25, 0.3) is 0 Å². The number of likely N-dealkylation sites (tertiary alicyclic amines) is 1. The van der Waals surface area contributed by atoms with E-state index in [2.05, 4.69) is 48.2 Å². The number of nitrogens with zero attached hydrogens (tertiary/aromatic N) is 4. The van der Waals surface area contributed by atoms with Gasteiger partial charge in [-0.1, -0.05) is 15.9 Å². The van der Waals surface area contributed by atoms with Crippen LogP contribution in [0, 0.1) is 8.99 Å². The van der Waals surface area contributed by atoms with Crippen molar-refractivity contribution in [3.63, 3.8) is 0 Å². The standard InChI is InChI=1S/C20H24BrIN4O2/c1-19(2,3)28-18(27)25-11-20(12-25)7-14(8-20)26-15(9-21)16(22)17(24-26)13-5-4-6-23-10-13/h4-6,10,14H,7-9,11-12H2,1-3H3. The van der Waals surface area contributed by atoms with Crippen LogP contribution in [-0.4, -0.2) is 44.4 Å². The van der Waals surface area contributed by atoms with Crippen LogP contribution < -0.4 is 0 Å². The molecule has 0 unspecified atom stereocenters. The second-order valence-corrected chi connectivity index (χ2v) is 10.5. The number of carbonyl (C=O) groups is 1. The third-order valence-electron chi connectivity index (χ3n) is 5.39. The summed E-state index contributed by atoms with van der Waals surface area (Å²) in [6, 6.07) is 4.37. The fourth-order valence-electron chi connectivity index (χ4n) is 4.15. The maximum Gasteiger partial charge on any atom is 0.410 e. The normalized spacial score (nSPS) is 18.7. The van der Waals surface area contributed by atoms with Crippen LogP contribution >= 0.6 is 38.5 Å². The molecule has 150 valence electrons. The highest BCUT2D eigenvalue weighted by Gasteiger charge is 2.55. The van der Waals surface area contributed by atoms with Crippen molar-refractivity contribution in [1.82, 2.24) is 19.7 Å². The van der Waals surface area contributed by atoms with Crippen LogP contribution in [0.5, 0.6) is 0 Å². The molecule has 1 spiro atoms. The van der Waals surface area contributed by atoms with E-state index in [1.807, 2.05) is 44.0 Å². The molecule has 1 aliphatic heterocycles. The highest BCUT2D eigenvalue weighted by molar-refractivity contribution is 14.1. The molecule has 2 aromatic heterocycles. The van der Waals surface area contributed by atoms with Crippen molar-refractivity contribution in [2.45, 2.75) is 50.6 Å². The minimum absolute atomic E-state index is 0.199. The first-order valence-corrected chi connectivity index (χ1v) is 11.6. The van der Waals surface area contributed by atoms with Gasteiger partial charge in [0.1, 0.15) is 11.3 Å². The van der Waals surface area contributed by atoms with Gasteiger partial charge >= 0.3 is 6.09 Å². The Kier molecular flexibility index (Phi) is 5.22. The van der Waals surface area contributed by atoms with Crippen molar-refractivity contribution >= 4 is 44.6 Å². The first-order valence-electron chi connectivity index (χ1n) is 9.42. The molecular weight excluding hydrogens is 535 g/mol.